The van der Waals surface area contributed by atoms with Gasteiger partial charge in [0.05, 0.1) is 6.20 Å². The Bertz CT molecular complexity index is 1230. The molecule has 0 amide bonds. The molecule has 12 nitrogen and oxygen atoms in total. The number of halogens is 2. The largest absolute Gasteiger partial charge is 0.382 e. The van der Waals surface area contributed by atoms with Crippen LogP contribution in [0.1, 0.15) is 54.7 Å². The second-order valence-corrected chi connectivity index (χ2v) is 10.8. The number of terminal acetylenes is 1. The number of aliphatic hydroxyl groups excluding tert-OH is 2. The topological polar surface area (TPSA) is 156 Å². The lowest BCUT2D eigenvalue weighted by Gasteiger charge is -2.04. The van der Waals surface area contributed by atoms with Crippen LogP contribution in [0.3, 0.4) is 0 Å². The third-order valence-electron chi connectivity index (χ3n) is 5.45. The van der Waals surface area contributed by atoms with Gasteiger partial charge in [0, 0.05) is 55.6 Å². The van der Waals surface area contributed by atoms with Crippen molar-refractivity contribution in [1.82, 2.24) is 34.6 Å². The molecule has 5 rings (SSSR count). The van der Waals surface area contributed by atoms with E-state index in [9.17, 15) is 10.2 Å². The standard InChI is InChI=1S/C11H14IN5O.C7H7IN2O.C4H7N3/c1-16-5-8(11(12)14-16)10(18)9-6-17(15-13-9)4-7-2-3-7;1-3-6(11)5-4-10(2)9-7(5)8;5-7-6-3-4-1-2-4/h5-7,10,18H,2-4H2,1H3;1,4,6,11H,2H3;4H,1-3H2. The summed E-state index contributed by atoms with van der Waals surface area (Å²) < 4.78 is 6.67. The molecule has 36 heavy (non-hydrogen) atoms. The lowest BCUT2D eigenvalue weighted by molar-refractivity contribution is 0.214. The molecular weight excluding hydrogens is 690 g/mol. The van der Waals surface area contributed by atoms with E-state index in [4.69, 9.17) is 12.0 Å². The van der Waals surface area contributed by atoms with E-state index in [1.54, 1.807) is 22.6 Å². The Kier molecular flexibility index (Phi) is 10.5. The molecule has 2 atom stereocenters. The van der Waals surface area contributed by atoms with Crippen molar-refractivity contribution in [3.05, 3.63) is 53.3 Å². The van der Waals surface area contributed by atoms with Crippen molar-refractivity contribution >= 4 is 45.2 Å². The van der Waals surface area contributed by atoms with Crippen molar-refractivity contribution in [3.63, 3.8) is 0 Å². The summed E-state index contributed by atoms with van der Waals surface area (Å²) in [6.45, 7) is 1.63. The first-order valence-electron chi connectivity index (χ1n) is 11.3. The van der Waals surface area contributed by atoms with Gasteiger partial charge in [-0.15, -0.1) is 11.5 Å². The zero-order valence-corrected chi connectivity index (χ0v) is 24.3. The van der Waals surface area contributed by atoms with Crippen molar-refractivity contribution in [1.29, 1.82) is 0 Å². The highest BCUT2D eigenvalue weighted by atomic mass is 127. The molecule has 0 spiro atoms. The van der Waals surface area contributed by atoms with Gasteiger partial charge in [-0.3, -0.25) is 14.0 Å². The molecule has 14 heteroatoms. The van der Waals surface area contributed by atoms with Gasteiger partial charge in [-0.2, -0.15) is 10.2 Å². The number of hydrogen-bond donors (Lipinski definition) is 2. The number of rotatable bonds is 7. The van der Waals surface area contributed by atoms with Crippen molar-refractivity contribution in [2.24, 2.45) is 31.0 Å². The summed E-state index contributed by atoms with van der Waals surface area (Å²) in [6, 6.07) is 0. The van der Waals surface area contributed by atoms with Crippen LogP contribution in [-0.2, 0) is 20.6 Å². The van der Waals surface area contributed by atoms with Gasteiger partial charge < -0.3 is 10.2 Å². The molecule has 2 fully saturated rings. The first-order chi connectivity index (χ1) is 17.2. The number of aryl methyl sites for hydroxylation is 2. The van der Waals surface area contributed by atoms with Crippen molar-refractivity contribution in [3.8, 4) is 12.3 Å². The van der Waals surface area contributed by atoms with Crippen LogP contribution in [0.4, 0.5) is 0 Å². The number of aliphatic hydroxyl groups is 2. The van der Waals surface area contributed by atoms with Crippen molar-refractivity contribution in [2.75, 3.05) is 6.54 Å². The summed E-state index contributed by atoms with van der Waals surface area (Å²) in [7, 11) is 3.62. The van der Waals surface area contributed by atoms with Crippen LogP contribution in [0, 0.1) is 31.6 Å². The zero-order valence-electron chi connectivity index (χ0n) is 20.0. The van der Waals surface area contributed by atoms with E-state index in [-0.39, 0.29) is 0 Å². The Hall–Kier alpha value is -2.19. The van der Waals surface area contributed by atoms with Crippen LogP contribution < -0.4 is 0 Å². The van der Waals surface area contributed by atoms with Gasteiger partial charge >= 0.3 is 0 Å². The van der Waals surface area contributed by atoms with Gasteiger partial charge in [-0.25, -0.2) is 0 Å². The van der Waals surface area contributed by atoms with Crippen molar-refractivity contribution in [2.45, 2.75) is 44.4 Å². The van der Waals surface area contributed by atoms with Crippen LogP contribution >= 0.6 is 45.2 Å². The Morgan fingerprint density at radius 2 is 1.67 bits per heavy atom. The highest BCUT2D eigenvalue weighted by molar-refractivity contribution is 14.1. The molecule has 0 bridgehead atoms. The van der Waals surface area contributed by atoms with E-state index >= 15 is 0 Å². The molecule has 2 aliphatic rings. The van der Waals surface area contributed by atoms with Gasteiger partial charge in [0.2, 0.25) is 0 Å². The molecule has 3 heterocycles. The summed E-state index contributed by atoms with van der Waals surface area (Å²) in [6.07, 6.45) is 13.9. The molecular formula is C22H28I2N10O2. The van der Waals surface area contributed by atoms with Gasteiger partial charge in [-0.05, 0) is 75.4 Å². The molecule has 192 valence electrons. The average molecular weight is 718 g/mol. The zero-order chi connectivity index (χ0) is 26.2. The van der Waals surface area contributed by atoms with Gasteiger partial charge in [0.15, 0.2) is 0 Å². The third kappa shape index (κ3) is 8.73. The van der Waals surface area contributed by atoms with Crippen LogP contribution in [0.15, 0.2) is 23.7 Å². The normalized spacial score (nSPS) is 15.9. The van der Waals surface area contributed by atoms with E-state index < -0.39 is 12.2 Å². The van der Waals surface area contributed by atoms with E-state index in [0.29, 0.717) is 11.3 Å². The Morgan fingerprint density at radius 3 is 2.14 bits per heavy atom. The van der Waals surface area contributed by atoms with E-state index in [1.165, 1.54) is 25.7 Å². The summed E-state index contributed by atoms with van der Waals surface area (Å²) in [5.74, 6) is 3.71. The average Bonchev–Trinajstić information content (AvgIpc) is 3.74. The highest BCUT2D eigenvalue weighted by Gasteiger charge is 2.24. The van der Waals surface area contributed by atoms with Gasteiger partial charge in [0.1, 0.15) is 25.3 Å². The molecule has 2 N–H and O–H groups in total. The number of aromatic nitrogens is 7. The Balaban J connectivity index is 0.000000170. The molecule has 2 saturated carbocycles. The third-order valence-corrected chi connectivity index (χ3v) is 7.12. The smallest absolute Gasteiger partial charge is 0.144 e. The van der Waals surface area contributed by atoms with Crippen LogP contribution in [0.25, 0.3) is 10.4 Å². The van der Waals surface area contributed by atoms with E-state index in [2.05, 4.69) is 59.0 Å². The second kappa shape index (κ2) is 13.4. The quantitative estimate of drug-likeness (QED) is 0.125. The summed E-state index contributed by atoms with van der Waals surface area (Å²) in [5.41, 5.74) is 9.85. The minimum Gasteiger partial charge on any atom is -0.382 e. The Labute approximate surface area is 236 Å². The predicted octanol–water partition coefficient (Wildman–Crippen LogP) is 3.51. The molecule has 3 aromatic heterocycles. The second-order valence-electron chi connectivity index (χ2n) is 8.74. The van der Waals surface area contributed by atoms with Crippen molar-refractivity contribution < 1.29 is 10.2 Å². The fraction of sp³-hybridized carbons (Fsp3) is 0.545. The first-order valence-corrected chi connectivity index (χ1v) is 13.5. The SMILES string of the molecule is C#CC(O)c1cn(C)nc1I.Cn1cc(C(O)c2cn(CC3CC3)nn2)c(I)n1.[N-]=[N+]=NCC1CC1. The van der Waals surface area contributed by atoms with Crippen LogP contribution in [-0.4, -0.2) is 51.3 Å². The molecule has 3 aromatic rings. The summed E-state index contributed by atoms with van der Waals surface area (Å²) >= 11 is 4.15. The summed E-state index contributed by atoms with van der Waals surface area (Å²) in [5, 5.41) is 39.3. The summed E-state index contributed by atoms with van der Waals surface area (Å²) in [4.78, 5) is 2.64. The lowest BCUT2D eigenvalue weighted by atomic mass is 10.1. The number of nitrogens with zero attached hydrogens (tertiary/aromatic N) is 10. The van der Waals surface area contributed by atoms with Gasteiger partial charge in [-0.1, -0.05) is 29.1 Å². The highest BCUT2D eigenvalue weighted by Crippen LogP contribution is 2.31. The predicted molar refractivity (Wildman–Crippen MR) is 149 cm³/mol. The number of azide groups is 1. The fourth-order valence-corrected chi connectivity index (χ4v) is 4.67. The van der Waals surface area contributed by atoms with Crippen LogP contribution in [0.2, 0.25) is 0 Å². The minimum absolute atomic E-state index is 0.585. The van der Waals surface area contributed by atoms with Crippen LogP contribution in [0.5, 0.6) is 0 Å². The molecule has 0 aliphatic heterocycles. The minimum atomic E-state index is -0.837. The Morgan fingerprint density at radius 1 is 1.08 bits per heavy atom. The monoisotopic (exact) mass is 718 g/mol. The maximum absolute atomic E-state index is 10.3. The maximum Gasteiger partial charge on any atom is 0.144 e. The number of hydrogen-bond acceptors (Lipinski definition) is 7. The van der Waals surface area contributed by atoms with E-state index in [1.807, 2.05) is 46.7 Å². The first kappa shape index (κ1) is 28.4. The molecule has 2 aliphatic carbocycles. The maximum atomic E-state index is 10.3. The molecule has 2 unspecified atom stereocenters. The van der Waals surface area contributed by atoms with E-state index in [0.717, 1.165) is 37.9 Å². The molecule has 0 aromatic carbocycles. The van der Waals surface area contributed by atoms with Gasteiger partial charge in [0.25, 0.3) is 0 Å². The molecule has 0 saturated heterocycles. The molecule has 0 radical (unpaired) electrons. The lowest BCUT2D eigenvalue weighted by Crippen LogP contribution is -2.01. The fourth-order valence-electron chi connectivity index (χ4n) is 3.12.